The van der Waals surface area contributed by atoms with Gasteiger partial charge in [0.2, 0.25) is 0 Å². The lowest BCUT2D eigenvalue weighted by Gasteiger charge is -2.39. The van der Waals surface area contributed by atoms with Crippen molar-refractivity contribution in [1.82, 2.24) is 0 Å². The minimum absolute atomic E-state index is 0.170. The van der Waals surface area contributed by atoms with Gasteiger partial charge in [-0.15, -0.1) is 0 Å². The fourth-order valence-electron chi connectivity index (χ4n) is 3.33. The van der Waals surface area contributed by atoms with Gasteiger partial charge in [-0.1, -0.05) is 78.9 Å². The molecule has 0 unspecified atom stereocenters. The third-order valence-electron chi connectivity index (χ3n) is 4.51. The van der Waals surface area contributed by atoms with Gasteiger partial charge >= 0.3 is 0 Å². The van der Waals surface area contributed by atoms with Crippen LogP contribution in [-0.2, 0) is 5.60 Å². The number of fused-ring (bicyclic) bond motifs is 1. The van der Waals surface area contributed by atoms with Crippen molar-refractivity contribution < 1.29 is 9.84 Å². The Balaban J connectivity index is 1.85. The van der Waals surface area contributed by atoms with Gasteiger partial charge in [-0.05, 0) is 17.2 Å². The SMILES string of the molecule is O[C@]1(c2ccccc2)C[C@@H](c2ccccc2)Oc2ccccc21. The topological polar surface area (TPSA) is 29.5 Å². The smallest absolute Gasteiger partial charge is 0.127 e. The highest BCUT2D eigenvalue weighted by Crippen LogP contribution is 2.47. The second-order valence-electron chi connectivity index (χ2n) is 5.94. The Bertz CT molecular complexity index is 798. The zero-order chi connectivity index (χ0) is 15.7. The molecule has 0 aliphatic carbocycles. The third-order valence-corrected chi connectivity index (χ3v) is 4.51. The molecular weight excluding hydrogens is 284 g/mol. The molecule has 0 saturated heterocycles. The minimum Gasteiger partial charge on any atom is -0.485 e. The van der Waals surface area contributed by atoms with Crippen molar-refractivity contribution in [2.45, 2.75) is 18.1 Å². The number of hydrogen-bond acceptors (Lipinski definition) is 2. The Kier molecular flexibility index (Phi) is 3.40. The van der Waals surface area contributed by atoms with Crippen molar-refractivity contribution in [3.05, 3.63) is 102 Å². The predicted molar refractivity (Wildman–Crippen MR) is 90.3 cm³/mol. The lowest BCUT2D eigenvalue weighted by Crippen LogP contribution is -2.35. The number of para-hydroxylation sites is 1. The summed E-state index contributed by atoms with van der Waals surface area (Å²) in [7, 11) is 0. The molecule has 2 heteroatoms. The van der Waals surface area contributed by atoms with Gasteiger partial charge in [0.1, 0.15) is 17.5 Å². The van der Waals surface area contributed by atoms with Gasteiger partial charge in [0.15, 0.2) is 0 Å². The molecule has 1 aliphatic heterocycles. The number of hydrogen-bond donors (Lipinski definition) is 1. The van der Waals surface area contributed by atoms with Gasteiger partial charge < -0.3 is 9.84 Å². The van der Waals surface area contributed by atoms with E-state index in [1.807, 2.05) is 84.9 Å². The van der Waals surface area contributed by atoms with E-state index in [9.17, 15) is 5.11 Å². The van der Waals surface area contributed by atoms with Crippen molar-refractivity contribution in [2.75, 3.05) is 0 Å². The first-order valence-corrected chi connectivity index (χ1v) is 7.86. The van der Waals surface area contributed by atoms with Crippen LogP contribution in [0, 0.1) is 0 Å². The summed E-state index contributed by atoms with van der Waals surface area (Å²) in [6.45, 7) is 0. The molecule has 1 aliphatic rings. The average Bonchev–Trinajstić information content (AvgIpc) is 2.63. The van der Waals surface area contributed by atoms with Crippen molar-refractivity contribution >= 4 is 0 Å². The molecule has 0 saturated carbocycles. The Hall–Kier alpha value is -2.58. The van der Waals surface area contributed by atoms with Crippen molar-refractivity contribution in [3.8, 4) is 5.75 Å². The highest BCUT2D eigenvalue weighted by atomic mass is 16.5. The van der Waals surface area contributed by atoms with Crippen LogP contribution in [-0.4, -0.2) is 5.11 Å². The fourth-order valence-corrected chi connectivity index (χ4v) is 3.33. The summed E-state index contributed by atoms with van der Waals surface area (Å²) in [6.07, 6.45) is 0.328. The maximum Gasteiger partial charge on any atom is 0.127 e. The molecule has 4 rings (SSSR count). The number of ether oxygens (including phenoxy) is 1. The van der Waals surface area contributed by atoms with Gasteiger partial charge in [0, 0.05) is 12.0 Å². The zero-order valence-corrected chi connectivity index (χ0v) is 12.7. The molecule has 0 spiro atoms. The summed E-state index contributed by atoms with van der Waals surface area (Å²) >= 11 is 0. The first-order chi connectivity index (χ1) is 11.3. The molecular formula is C21H18O2. The lowest BCUT2D eigenvalue weighted by atomic mass is 9.78. The van der Waals surface area contributed by atoms with Crippen LogP contribution in [0.5, 0.6) is 5.75 Å². The van der Waals surface area contributed by atoms with Crippen LogP contribution in [0.2, 0.25) is 0 Å². The Morgan fingerprint density at radius 2 is 1.39 bits per heavy atom. The van der Waals surface area contributed by atoms with E-state index in [1.165, 1.54) is 0 Å². The van der Waals surface area contributed by atoms with Crippen LogP contribution >= 0.6 is 0 Å². The van der Waals surface area contributed by atoms with E-state index >= 15 is 0 Å². The van der Waals surface area contributed by atoms with Crippen molar-refractivity contribution in [2.24, 2.45) is 0 Å². The molecule has 23 heavy (non-hydrogen) atoms. The highest BCUT2D eigenvalue weighted by molar-refractivity contribution is 5.47. The second kappa shape index (κ2) is 5.56. The first kappa shape index (κ1) is 14.0. The Morgan fingerprint density at radius 3 is 2.13 bits per heavy atom. The number of aliphatic hydroxyl groups is 1. The summed E-state index contributed by atoms with van der Waals surface area (Å²) in [5.74, 6) is 0.749. The second-order valence-corrected chi connectivity index (χ2v) is 5.94. The van der Waals surface area contributed by atoms with Crippen LogP contribution < -0.4 is 4.74 Å². The Labute approximate surface area is 136 Å². The van der Waals surface area contributed by atoms with E-state index < -0.39 is 5.60 Å². The molecule has 0 bridgehead atoms. The van der Waals surface area contributed by atoms with Gasteiger partial charge in [0.05, 0.1) is 0 Å². The van der Waals surface area contributed by atoms with E-state index in [0.29, 0.717) is 6.42 Å². The van der Waals surface area contributed by atoms with E-state index in [1.54, 1.807) is 0 Å². The molecule has 114 valence electrons. The molecule has 1 N–H and O–H groups in total. The van der Waals surface area contributed by atoms with E-state index in [-0.39, 0.29) is 6.10 Å². The zero-order valence-electron chi connectivity index (χ0n) is 12.7. The van der Waals surface area contributed by atoms with Gasteiger partial charge in [0.25, 0.3) is 0 Å². The summed E-state index contributed by atoms with van der Waals surface area (Å²) < 4.78 is 6.17. The summed E-state index contributed by atoms with van der Waals surface area (Å²) in [5.41, 5.74) is 1.77. The molecule has 3 aromatic rings. The molecule has 0 aromatic heterocycles. The third kappa shape index (κ3) is 2.41. The first-order valence-electron chi connectivity index (χ1n) is 7.86. The molecule has 2 atom stereocenters. The lowest BCUT2D eigenvalue weighted by molar-refractivity contribution is 0.000611. The van der Waals surface area contributed by atoms with E-state index in [4.69, 9.17) is 4.74 Å². The van der Waals surface area contributed by atoms with E-state index in [2.05, 4.69) is 0 Å². The van der Waals surface area contributed by atoms with Crippen LogP contribution in [0.25, 0.3) is 0 Å². The normalized spacial score (nSPS) is 22.9. The minimum atomic E-state index is -1.05. The van der Waals surface area contributed by atoms with Crippen molar-refractivity contribution in [3.63, 3.8) is 0 Å². The summed E-state index contributed by atoms with van der Waals surface area (Å²) in [6, 6.07) is 27.7. The largest absolute Gasteiger partial charge is 0.485 e. The standard InChI is InChI=1S/C21H18O2/c22-21(17-11-5-2-6-12-17)15-20(16-9-3-1-4-10-16)23-19-14-8-7-13-18(19)21/h1-14,20,22H,15H2/t20-,21-/m0/s1. The van der Waals surface area contributed by atoms with Crippen LogP contribution in [0.1, 0.15) is 29.2 Å². The number of benzene rings is 3. The quantitative estimate of drug-likeness (QED) is 0.758. The summed E-state index contributed by atoms with van der Waals surface area (Å²) in [4.78, 5) is 0. The number of rotatable bonds is 2. The molecule has 0 radical (unpaired) electrons. The summed E-state index contributed by atoms with van der Waals surface area (Å²) in [5, 5.41) is 11.5. The van der Waals surface area contributed by atoms with Gasteiger partial charge in [-0.25, -0.2) is 0 Å². The fraction of sp³-hybridized carbons (Fsp3) is 0.143. The molecule has 0 amide bonds. The maximum atomic E-state index is 11.5. The Morgan fingerprint density at radius 1 is 0.783 bits per heavy atom. The van der Waals surface area contributed by atoms with Crippen LogP contribution in [0.3, 0.4) is 0 Å². The van der Waals surface area contributed by atoms with Crippen LogP contribution in [0.15, 0.2) is 84.9 Å². The van der Waals surface area contributed by atoms with Crippen molar-refractivity contribution in [1.29, 1.82) is 0 Å². The predicted octanol–water partition coefficient (Wildman–Crippen LogP) is 4.45. The average molecular weight is 302 g/mol. The highest BCUT2D eigenvalue weighted by Gasteiger charge is 2.41. The van der Waals surface area contributed by atoms with Gasteiger partial charge in [-0.2, -0.15) is 0 Å². The molecule has 3 aromatic carbocycles. The molecule has 1 heterocycles. The monoisotopic (exact) mass is 302 g/mol. The van der Waals surface area contributed by atoms with Gasteiger partial charge in [-0.3, -0.25) is 0 Å². The molecule has 0 fully saturated rings. The molecule has 2 nitrogen and oxygen atoms in total. The van der Waals surface area contributed by atoms with Crippen LogP contribution in [0.4, 0.5) is 0 Å². The maximum absolute atomic E-state index is 11.5. The van der Waals surface area contributed by atoms with E-state index in [0.717, 1.165) is 22.4 Å².